The van der Waals surface area contributed by atoms with E-state index < -0.39 is 0 Å². The lowest BCUT2D eigenvalue weighted by Gasteiger charge is -2.13. The molecule has 0 N–H and O–H groups in total. The lowest BCUT2D eigenvalue weighted by molar-refractivity contribution is 0.953. The Morgan fingerprint density at radius 1 is 0.472 bits per heavy atom. The van der Waals surface area contributed by atoms with Crippen LogP contribution in [0.15, 0.2) is 158 Å². The molecule has 4 aromatic heterocycles. The fraction of sp³-hybridized carbons (Fsp3) is 0. The van der Waals surface area contributed by atoms with E-state index in [1.165, 1.54) is 25.6 Å². The van der Waals surface area contributed by atoms with Gasteiger partial charge in [-0.3, -0.25) is 4.57 Å². The third-order valence-electron chi connectivity index (χ3n) is 10.2. The first-order valence-corrected chi connectivity index (χ1v) is 18.3. The summed E-state index contributed by atoms with van der Waals surface area (Å²) in [5.74, 6) is 1.57. The van der Waals surface area contributed by atoms with Crippen molar-refractivity contribution in [2.24, 2.45) is 0 Å². The summed E-state index contributed by atoms with van der Waals surface area (Å²) >= 11 is 1.82. The Balaban J connectivity index is 1.14. The zero-order valence-electron chi connectivity index (χ0n) is 28.1. The van der Waals surface area contributed by atoms with Gasteiger partial charge in [-0.05, 0) is 48.5 Å². The molecule has 0 amide bonds. The molecule has 0 aliphatic carbocycles. The number of benzene rings is 7. The predicted molar refractivity (Wildman–Crippen MR) is 217 cm³/mol. The van der Waals surface area contributed by atoms with Gasteiger partial charge in [0.25, 0.3) is 0 Å². The number of nitriles is 1. The summed E-state index contributed by atoms with van der Waals surface area (Å²) in [5.41, 5.74) is 7.10. The van der Waals surface area contributed by atoms with Gasteiger partial charge >= 0.3 is 0 Å². The number of aromatic nitrogens is 5. The van der Waals surface area contributed by atoms with Crippen LogP contribution in [0.4, 0.5) is 0 Å². The van der Waals surface area contributed by atoms with Crippen molar-refractivity contribution < 1.29 is 0 Å². The topological polar surface area (TPSA) is 72.3 Å². The standard InChI is InChI=1S/C46H26N6S/c47-27-30-26-29(22-24-36(30)51-39-20-10-6-17-35(39)42-40(51)25-23-34-33-16-7-11-21-41(33)53-43(34)42)45-48-44(28-12-2-1-3-13-28)49-46(50-45)52-37-18-8-4-14-31(37)32-15-5-9-19-38(32)52/h1-26H. The fourth-order valence-electron chi connectivity index (χ4n) is 7.90. The van der Waals surface area contributed by atoms with Crippen molar-refractivity contribution in [3.63, 3.8) is 0 Å². The lowest BCUT2D eigenvalue weighted by atomic mass is 10.1. The highest BCUT2D eigenvalue weighted by atomic mass is 32.1. The molecule has 0 fully saturated rings. The van der Waals surface area contributed by atoms with Crippen LogP contribution in [0, 0.1) is 11.3 Å². The van der Waals surface area contributed by atoms with Crippen LogP contribution in [-0.2, 0) is 0 Å². The highest BCUT2D eigenvalue weighted by Gasteiger charge is 2.21. The molecule has 6 nitrogen and oxygen atoms in total. The first-order chi connectivity index (χ1) is 26.2. The van der Waals surface area contributed by atoms with Gasteiger partial charge in [-0.1, -0.05) is 109 Å². The molecule has 0 unspecified atom stereocenters. The van der Waals surface area contributed by atoms with Gasteiger partial charge in [0.1, 0.15) is 6.07 Å². The molecule has 0 spiro atoms. The van der Waals surface area contributed by atoms with E-state index in [9.17, 15) is 5.26 Å². The molecule has 7 heteroatoms. The van der Waals surface area contributed by atoms with E-state index in [-0.39, 0.29) is 0 Å². The smallest absolute Gasteiger partial charge is 0.238 e. The second-order valence-corrected chi connectivity index (χ2v) is 14.2. The second kappa shape index (κ2) is 11.4. The van der Waals surface area contributed by atoms with Crippen LogP contribution in [-0.4, -0.2) is 24.1 Å². The van der Waals surface area contributed by atoms with Gasteiger partial charge in [0.2, 0.25) is 5.95 Å². The lowest BCUT2D eigenvalue weighted by Crippen LogP contribution is -2.06. The molecule has 0 atom stereocenters. The number of para-hydroxylation sites is 3. The molecule has 53 heavy (non-hydrogen) atoms. The first-order valence-electron chi connectivity index (χ1n) is 17.4. The Hall–Kier alpha value is -7.14. The summed E-state index contributed by atoms with van der Waals surface area (Å²) in [7, 11) is 0. The van der Waals surface area contributed by atoms with Gasteiger partial charge in [-0.15, -0.1) is 11.3 Å². The van der Waals surface area contributed by atoms with Crippen LogP contribution < -0.4 is 0 Å². The number of nitrogens with zero attached hydrogens (tertiary/aromatic N) is 6. The molecule has 7 aromatic carbocycles. The van der Waals surface area contributed by atoms with Crippen LogP contribution in [0.1, 0.15) is 5.56 Å². The molecule has 0 saturated carbocycles. The molecule has 0 aliphatic rings. The molecule has 246 valence electrons. The fourth-order valence-corrected chi connectivity index (χ4v) is 9.16. The zero-order valence-corrected chi connectivity index (χ0v) is 28.9. The van der Waals surface area contributed by atoms with Gasteiger partial charge < -0.3 is 4.57 Å². The summed E-state index contributed by atoms with van der Waals surface area (Å²) in [6, 6.07) is 56.6. The zero-order chi connectivity index (χ0) is 35.0. The third-order valence-corrected chi connectivity index (χ3v) is 11.4. The monoisotopic (exact) mass is 694 g/mol. The van der Waals surface area contributed by atoms with Crippen molar-refractivity contribution >= 4 is 75.1 Å². The van der Waals surface area contributed by atoms with Crippen molar-refractivity contribution in [1.29, 1.82) is 5.26 Å². The van der Waals surface area contributed by atoms with Crippen molar-refractivity contribution in [3.05, 3.63) is 163 Å². The molecule has 4 heterocycles. The minimum absolute atomic E-state index is 0.493. The van der Waals surface area contributed by atoms with Crippen molar-refractivity contribution in [3.8, 4) is 40.5 Å². The van der Waals surface area contributed by atoms with Crippen molar-refractivity contribution in [1.82, 2.24) is 24.1 Å². The van der Waals surface area contributed by atoms with Gasteiger partial charge in [-0.2, -0.15) is 15.2 Å². The van der Waals surface area contributed by atoms with Gasteiger partial charge in [0.05, 0.1) is 33.3 Å². The first kappa shape index (κ1) is 29.6. The Morgan fingerprint density at radius 2 is 1.08 bits per heavy atom. The molecular weight excluding hydrogens is 669 g/mol. The van der Waals surface area contributed by atoms with Gasteiger partial charge in [-0.25, -0.2) is 4.98 Å². The molecule has 0 radical (unpaired) electrons. The molecule has 0 bridgehead atoms. The van der Waals surface area contributed by atoms with Crippen LogP contribution in [0.3, 0.4) is 0 Å². The van der Waals surface area contributed by atoms with Crippen LogP contribution in [0.25, 0.3) is 98.2 Å². The van der Waals surface area contributed by atoms with E-state index in [0.29, 0.717) is 23.2 Å². The van der Waals surface area contributed by atoms with E-state index in [1.807, 2.05) is 72.0 Å². The minimum atomic E-state index is 0.493. The Kier molecular flexibility index (Phi) is 6.38. The maximum Gasteiger partial charge on any atom is 0.238 e. The number of thiophene rings is 1. The van der Waals surface area contributed by atoms with Crippen LogP contribution in [0.5, 0.6) is 0 Å². The summed E-state index contributed by atoms with van der Waals surface area (Å²) in [6.07, 6.45) is 0. The maximum atomic E-state index is 10.8. The van der Waals surface area contributed by atoms with E-state index in [1.54, 1.807) is 0 Å². The summed E-state index contributed by atoms with van der Waals surface area (Å²) in [5, 5.41) is 17.9. The highest BCUT2D eigenvalue weighted by Crippen LogP contribution is 2.43. The molecule has 11 aromatic rings. The summed E-state index contributed by atoms with van der Waals surface area (Å²) < 4.78 is 6.85. The van der Waals surface area contributed by atoms with E-state index in [2.05, 4.69) is 112 Å². The Bertz CT molecular complexity index is 3260. The van der Waals surface area contributed by atoms with Crippen molar-refractivity contribution in [2.75, 3.05) is 0 Å². The largest absolute Gasteiger partial charge is 0.308 e. The summed E-state index contributed by atoms with van der Waals surface area (Å²) in [4.78, 5) is 15.2. The van der Waals surface area contributed by atoms with Gasteiger partial charge in [0.15, 0.2) is 11.6 Å². The predicted octanol–water partition coefficient (Wildman–Crippen LogP) is 11.6. The number of fused-ring (bicyclic) bond motifs is 10. The average molecular weight is 695 g/mol. The summed E-state index contributed by atoms with van der Waals surface area (Å²) in [6.45, 7) is 0. The Morgan fingerprint density at radius 3 is 1.79 bits per heavy atom. The van der Waals surface area contributed by atoms with Crippen LogP contribution >= 0.6 is 11.3 Å². The van der Waals surface area contributed by atoms with E-state index >= 15 is 0 Å². The number of rotatable bonds is 4. The molecule has 0 aliphatic heterocycles. The molecular formula is C46H26N6S. The Labute approximate surface area is 307 Å². The SMILES string of the molecule is N#Cc1cc(-c2nc(-c3ccccc3)nc(-n3c4ccccc4c4ccccc43)n2)ccc1-n1c2ccccc2c2c3sc4ccccc4c3ccc21. The number of hydrogen-bond acceptors (Lipinski definition) is 5. The maximum absolute atomic E-state index is 10.8. The van der Waals surface area contributed by atoms with Gasteiger partial charge in [0, 0.05) is 52.8 Å². The highest BCUT2D eigenvalue weighted by molar-refractivity contribution is 7.26. The van der Waals surface area contributed by atoms with Crippen LogP contribution in [0.2, 0.25) is 0 Å². The minimum Gasteiger partial charge on any atom is -0.308 e. The molecule has 0 saturated heterocycles. The second-order valence-electron chi connectivity index (χ2n) is 13.1. The quantitative estimate of drug-likeness (QED) is 0.184. The third kappa shape index (κ3) is 4.40. The average Bonchev–Trinajstić information content (AvgIpc) is 3.88. The number of hydrogen-bond donors (Lipinski definition) is 0. The van der Waals surface area contributed by atoms with Crippen molar-refractivity contribution in [2.45, 2.75) is 0 Å². The molecule has 11 rings (SSSR count). The normalized spacial score (nSPS) is 11.8. The van der Waals surface area contributed by atoms with E-state index in [0.717, 1.165) is 55.0 Å². The van der Waals surface area contributed by atoms with E-state index in [4.69, 9.17) is 15.0 Å².